The topological polar surface area (TPSA) is 43.8 Å². The summed E-state index contributed by atoms with van der Waals surface area (Å²) < 4.78 is 1.97. The highest BCUT2D eigenvalue weighted by Gasteiger charge is 2.15. The van der Waals surface area contributed by atoms with Gasteiger partial charge in [-0.3, -0.25) is 4.68 Å². The first kappa shape index (κ1) is 12.2. The third kappa shape index (κ3) is 2.23. The van der Waals surface area contributed by atoms with E-state index in [1.54, 1.807) is 0 Å². The smallest absolute Gasteiger partial charge is 0.0897 e. The van der Waals surface area contributed by atoms with Crippen molar-refractivity contribution in [1.29, 1.82) is 0 Å². The van der Waals surface area contributed by atoms with Crippen LogP contribution >= 0.6 is 11.6 Å². The molecule has 0 bridgehead atoms. The van der Waals surface area contributed by atoms with Crippen molar-refractivity contribution in [3.05, 3.63) is 65.3 Å². The van der Waals surface area contributed by atoms with Gasteiger partial charge in [0.05, 0.1) is 17.8 Å². The van der Waals surface area contributed by atoms with Crippen molar-refractivity contribution in [2.24, 2.45) is 5.73 Å². The Bertz CT molecular complexity index is 688. The SMILES string of the molecule is NCC(c1ccc(Cl)cc1)n1ncc2ccccc21. The first-order valence-electron chi connectivity index (χ1n) is 6.17. The standard InChI is InChI=1S/C15H14ClN3/c16-13-7-5-11(6-8-13)15(9-17)19-14-4-2-1-3-12(14)10-18-19/h1-8,10,15H,9,17H2. The average Bonchev–Trinajstić information content (AvgIpc) is 2.86. The number of benzene rings is 2. The Kier molecular flexibility index (Phi) is 3.23. The largest absolute Gasteiger partial charge is 0.328 e. The molecule has 0 radical (unpaired) electrons. The molecule has 96 valence electrons. The zero-order valence-electron chi connectivity index (χ0n) is 10.3. The van der Waals surface area contributed by atoms with Crippen LogP contribution in [0.2, 0.25) is 5.02 Å². The summed E-state index contributed by atoms with van der Waals surface area (Å²) >= 11 is 5.93. The summed E-state index contributed by atoms with van der Waals surface area (Å²) in [5.74, 6) is 0. The minimum absolute atomic E-state index is 0.0252. The molecule has 19 heavy (non-hydrogen) atoms. The molecular formula is C15H14ClN3. The van der Waals surface area contributed by atoms with Gasteiger partial charge >= 0.3 is 0 Å². The molecule has 0 saturated carbocycles. The van der Waals surface area contributed by atoms with Crippen LogP contribution in [0.15, 0.2) is 54.7 Å². The Balaban J connectivity index is 2.09. The van der Waals surface area contributed by atoms with Gasteiger partial charge in [0.2, 0.25) is 0 Å². The number of rotatable bonds is 3. The van der Waals surface area contributed by atoms with Gasteiger partial charge in [0.15, 0.2) is 0 Å². The van der Waals surface area contributed by atoms with E-state index in [1.807, 2.05) is 53.3 Å². The van der Waals surface area contributed by atoms with E-state index in [9.17, 15) is 0 Å². The van der Waals surface area contributed by atoms with E-state index in [4.69, 9.17) is 17.3 Å². The maximum Gasteiger partial charge on any atom is 0.0897 e. The van der Waals surface area contributed by atoms with E-state index in [1.165, 1.54) is 0 Å². The third-order valence-corrected chi connectivity index (χ3v) is 3.53. The van der Waals surface area contributed by atoms with Crippen LogP contribution in [0.4, 0.5) is 0 Å². The highest BCUT2D eigenvalue weighted by atomic mass is 35.5. The van der Waals surface area contributed by atoms with Gasteiger partial charge in [0.25, 0.3) is 0 Å². The summed E-state index contributed by atoms with van der Waals surface area (Å²) in [5, 5.41) is 6.32. The van der Waals surface area contributed by atoms with Crippen LogP contribution in [0.3, 0.4) is 0 Å². The molecule has 0 spiro atoms. The summed E-state index contributed by atoms with van der Waals surface area (Å²) in [6.07, 6.45) is 1.87. The fraction of sp³-hybridized carbons (Fsp3) is 0.133. The van der Waals surface area contributed by atoms with Gasteiger partial charge in [0, 0.05) is 17.0 Å². The van der Waals surface area contributed by atoms with Gasteiger partial charge in [-0.2, -0.15) is 5.10 Å². The molecule has 0 aliphatic carbocycles. The van der Waals surface area contributed by atoms with Crippen molar-refractivity contribution in [3.63, 3.8) is 0 Å². The van der Waals surface area contributed by atoms with Gasteiger partial charge < -0.3 is 5.73 Å². The molecule has 2 aromatic carbocycles. The van der Waals surface area contributed by atoms with Crippen LogP contribution in [-0.2, 0) is 0 Å². The van der Waals surface area contributed by atoms with E-state index in [0.29, 0.717) is 6.54 Å². The Labute approximate surface area is 116 Å². The fourth-order valence-electron chi connectivity index (χ4n) is 2.30. The number of aromatic nitrogens is 2. The van der Waals surface area contributed by atoms with Gasteiger partial charge in [-0.1, -0.05) is 41.9 Å². The molecule has 3 nitrogen and oxygen atoms in total. The van der Waals surface area contributed by atoms with Gasteiger partial charge in [-0.25, -0.2) is 0 Å². The highest BCUT2D eigenvalue weighted by Crippen LogP contribution is 2.23. The lowest BCUT2D eigenvalue weighted by Crippen LogP contribution is -2.21. The van der Waals surface area contributed by atoms with E-state index >= 15 is 0 Å². The molecule has 3 aromatic rings. The van der Waals surface area contributed by atoms with Crippen molar-refractivity contribution in [2.75, 3.05) is 6.54 Å². The minimum Gasteiger partial charge on any atom is -0.328 e. The van der Waals surface area contributed by atoms with E-state index in [-0.39, 0.29) is 6.04 Å². The normalized spacial score (nSPS) is 12.7. The molecule has 0 fully saturated rings. The summed E-state index contributed by atoms with van der Waals surface area (Å²) in [7, 11) is 0. The summed E-state index contributed by atoms with van der Waals surface area (Å²) in [6, 6.07) is 15.9. The second-order valence-electron chi connectivity index (χ2n) is 4.45. The molecule has 2 N–H and O–H groups in total. The van der Waals surface area contributed by atoms with Crippen LogP contribution in [0, 0.1) is 0 Å². The number of nitrogens with two attached hydrogens (primary N) is 1. The number of halogens is 1. The van der Waals surface area contributed by atoms with E-state index in [0.717, 1.165) is 21.5 Å². The summed E-state index contributed by atoms with van der Waals surface area (Å²) in [6.45, 7) is 0.493. The second kappa shape index (κ2) is 5.03. The Hall–Kier alpha value is -1.84. The van der Waals surface area contributed by atoms with Crippen LogP contribution < -0.4 is 5.73 Å². The number of para-hydroxylation sites is 1. The molecule has 0 amide bonds. The molecule has 0 aliphatic rings. The minimum atomic E-state index is 0.0252. The second-order valence-corrected chi connectivity index (χ2v) is 4.89. The van der Waals surface area contributed by atoms with Crippen LogP contribution in [0.1, 0.15) is 11.6 Å². The van der Waals surface area contributed by atoms with E-state index < -0.39 is 0 Å². The first-order chi connectivity index (χ1) is 9.29. The van der Waals surface area contributed by atoms with Gasteiger partial charge in [0.1, 0.15) is 0 Å². The predicted molar refractivity (Wildman–Crippen MR) is 78.4 cm³/mol. The number of nitrogens with zero attached hydrogens (tertiary/aromatic N) is 2. The lowest BCUT2D eigenvalue weighted by molar-refractivity contribution is 0.549. The lowest BCUT2D eigenvalue weighted by Gasteiger charge is -2.17. The molecule has 1 atom stereocenters. The van der Waals surface area contributed by atoms with Crippen LogP contribution in [0.25, 0.3) is 10.9 Å². The summed E-state index contributed by atoms with van der Waals surface area (Å²) in [5.41, 5.74) is 8.13. The Morgan fingerprint density at radius 1 is 1.11 bits per heavy atom. The van der Waals surface area contributed by atoms with Crippen LogP contribution in [-0.4, -0.2) is 16.3 Å². The third-order valence-electron chi connectivity index (χ3n) is 3.28. The highest BCUT2D eigenvalue weighted by molar-refractivity contribution is 6.30. The summed E-state index contributed by atoms with van der Waals surface area (Å²) in [4.78, 5) is 0. The monoisotopic (exact) mass is 271 g/mol. The number of hydrogen-bond acceptors (Lipinski definition) is 2. The average molecular weight is 272 g/mol. The zero-order chi connectivity index (χ0) is 13.2. The predicted octanol–water partition coefficient (Wildman–Crippen LogP) is 3.24. The Morgan fingerprint density at radius 2 is 1.84 bits per heavy atom. The zero-order valence-corrected chi connectivity index (χ0v) is 11.1. The molecular weight excluding hydrogens is 258 g/mol. The van der Waals surface area contributed by atoms with Crippen molar-refractivity contribution in [2.45, 2.75) is 6.04 Å². The Morgan fingerprint density at radius 3 is 2.58 bits per heavy atom. The molecule has 3 rings (SSSR count). The molecule has 4 heteroatoms. The number of hydrogen-bond donors (Lipinski definition) is 1. The maximum atomic E-state index is 5.93. The van der Waals surface area contributed by atoms with Gasteiger partial charge in [-0.05, 0) is 23.8 Å². The van der Waals surface area contributed by atoms with E-state index in [2.05, 4.69) is 11.2 Å². The molecule has 1 unspecified atom stereocenters. The van der Waals surface area contributed by atoms with Crippen LogP contribution in [0.5, 0.6) is 0 Å². The molecule has 0 saturated heterocycles. The molecule has 1 heterocycles. The first-order valence-corrected chi connectivity index (χ1v) is 6.55. The number of fused-ring (bicyclic) bond motifs is 1. The van der Waals surface area contributed by atoms with Crippen molar-refractivity contribution >= 4 is 22.5 Å². The maximum absolute atomic E-state index is 5.93. The van der Waals surface area contributed by atoms with Crippen molar-refractivity contribution in [3.8, 4) is 0 Å². The lowest BCUT2D eigenvalue weighted by atomic mass is 10.1. The van der Waals surface area contributed by atoms with Crippen molar-refractivity contribution in [1.82, 2.24) is 9.78 Å². The molecule has 1 aromatic heterocycles. The van der Waals surface area contributed by atoms with Gasteiger partial charge in [-0.15, -0.1) is 0 Å². The van der Waals surface area contributed by atoms with Crippen molar-refractivity contribution < 1.29 is 0 Å². The fourth-order valence-corrected chi connectivity index (χ4v) is 2.43. The molecule has 0 aliphatic heterocycles. The quantitative estimate of drug-likeness (QED) is 0.795.